The molecule has 0 aliphatic carbocycles. The molecule has 0 radical (unpaired) electrons. The zero-order valence-electron chi connectivity index (χ0n) is 24.0. The quantitative estimate of drug-likeness (QED) is 0.0998. The second-order valence-electron chi connectivity index (χ2n) is 9.92. The summed E-state index contributed by atoms with van der Waals surface area (Å²) in [6.45, 7) is 1.97. The van der Waals surface area contributed by atoms with Crippen molar-refractivity contribution in [2.45, 2.75) is 13.1 Å². The van der Waals surface area contributed by atoms with Crippen LogP contribution in [-0.2, 0) is 13.1 Å². The summed E-state index contributed by atoms with van der Waals surface area (Å²) >= 11 is 0. The van der Waals surface area contributed by atoms with E-state index in [0.717, 1.165) is 24.6 Å². The van der Waals surface area contributed by atoms with Crippen LogP contribution >= 0.6 is 21.6 Å². The number of nitrogens with zero attached hydrogens (tertiary/aromatic N) is 4. The van der Waals surface area contributed by atoms with Gasteiger partial charge in [0.1, 0.15) is 0 Å². The van der Waals surface area contributed by atoms with Crippen LogP contribution in [0.25, 0.3) is 24.3 Å². The first kappa shape index (κ1) is 29.5. The van der Waals surface area contributed by atoms with Crippen molar-refractivity contribution >= 4 is 57.3 Å². The lowest BCUT2D eigenvalue weighted by Crippen LogP contribution is -2.38. The van der Waals surface area contributed by atoms with Crippen LogP contribution in [0.1, 0.15) is 22.5 Å². The summed E-state index contributed by atoms with van der Waals surface area (Å²) in [5.41, 5.74) is 7.29. The highest BCUT2D eigenvalue weighted by Crippen LogP contribution is 2.21. The molecule has 0 unspecified atom stereocenters. The number of hydrogen-bond donors (Lipinski definition) is 0. The lowest BCUT2D eigenvalue weighted by atomic mass is 10.1. The Morgan fingerprint density at radius 2 is 0.925 bits per heavy atom. The van der Waals surface area contributed by atoms with E-state index in [1.807, 2.05) is 21.6 Å². The monoisotopic (exact) mass is 568 g/mol. The van der Waals surface area contributed by atoms with Gasteiger partial charge in [-0.2, -0.15) is 9.13 Å². The number of rotatable bonds is 13. The normalized spacial score (nSPS) is 11.4. The minimum absolute atomic E-state index is 0.983. The third kappa shape index (κ3) is 9.04. The molecule has 2 aromatic heterocycles. The topological polar surface area (TPSA) is 14.2 Å². The molecular formula is C34H40N4S2+2. The molecule has 0 N–H and O–H groups in total. The van der Waals surface area contributed by atoms with Gasteiger partial charge in [0.2, 0.25) is 11.4 Å². The highest BCUT2D eigenvalue weighted by atomic mass is 33.1. The van der Waals surface area contributed by atoms with Crippen molar-refractivity contribution in [2.75, 3.05) is 49.5 Å². The molecule has 206 valence electrons. The summed E-state index contributed by atoms with van der Waals surface area (Å²) < 4.78 is 4.66. The highest BCUT2D eigenvalue weighted by molar-refractivity contribution is 8.76. The molecule has 0 fully saturated rings. The van der Waals surface area contributed by atoms with Crippen LogP contribution in [0.5, 0.6) is 0 Å². The van der Waals surface area contributed by atoms with Gasteiger partial charge in [-0.15, -0.1) is 0 Å². The first-order chi connectivity index (χ1) is 19.5. The van der Waals surface area contributed by atoms with Crippen LogP contribution in [0.2, 0.25) is 0 Å². The van der Waals surface area contributed by atoms with Crippen molar-refractivity contribution in [1.82, 2.24) is 0 Å². The van der Waals surface area contributed by atoms with Crippen molar-refractivity contribution in [2.24, 2.45) is 0 Å². The molecule has 2 aromatic carbocycles. The number of anilines is 2. The third-order valence-electron chi connectivity index (χ3n) is 6.58. The molecule has 0 atom stereocenters. The standard InChI is InChI=1S/C34H40N4S2/c1-35(2)31-17-11-29(12-18-31)15-21-33-9-5-7-23-37(33)25-27-39-40-28-26-38-24-8-6-10-34(38)22-16-30-13-19-32(20-14-30)36(3)4/h5-24H,25-28H2,1-4H3/q+2. The van der Waals surface area contributed by atoms with Gasteiger partial charge in [0.25, 0.3) is 0 Å². The van der Waals surface area contributed by atoms with Crippen LogP contribution in [0, 0.1) is 0 Å². The van der Waals surface area contributed by atoms with Gasteiger partial charge in [-0.05, 0) is 59.7 Å². The molecule has 4 nitrogen and oxygen atoms in total. The first-order valence-electron chi connectivity index (χ1n) is 13.6. The van der Waals surface area contributed by atoms with Crippen LogP contribution in [0.4, 0.5) is 11.4 Å². The molecule has 0 bridgehead atoms. The maximum Gasteiger partial charge on any atom is 0.205 e. The number of benzene rings is 2. The average molecular weight is 569 g/mol. The summed E-state index contributed by atoms with van der Waals surface area (Å²) in [6.07, 6.45) is 13.1. The largest absolute Gasteiger partial charge is 0.378 e. The Kier molecular flexibility index (Phi) is 11.3. The Bertz CT molecular complexity index is 1290. The number of pyridine rings is 2. The van der Waals surface area contributed by atoms with E-state index in [4.69, 9.17) is 0 Å². The second kappa shape index (κ2) is 15.3. The summed E-state index contributed by atoms with van der Waals surface area (Å²) in [5.74, 6) is 2.12. The van der Waals surface area contributed by atoms with Gasteiger partial charge >= 0.3 is 0 Å². The number of hydrogen-bond acceptors (Lipinski definition) is 4. The molecule has 4 aromatic rings. The summed E-state index contributed by atoms with van der Waals surface area (Å²) in [5, 5.41) is 0. The van der Waals surface area contributed by atoms with Gasteiger partial charge in [-0.3, -0.25) is 0 Å². The van der Waals surface area contributed by atoms with E-state index in [9.17, 15) is 0 Å². The fraction of sp³-hybridized carbons (Fsp3) is 0.235. The summed E-state index contributed by atoms with van der Waals surface area (Å²) in [6, 6.07) is 30.1. The zero-order chi connectivity index (χ0) is 28.2. The SMILES string of the molecule is CN(C)c1ccc(/C=C/c2cccc[n+]2CCSSCC[n+]2ccccc2/C=C/c2ccc(N(C)C)cc2)cc1. The van der Waals surface area contributed by atoms with Crippen LogP contribution < -0.4 is 18.9 Å². The zero-order valence-corrected chi connectivity index (χ0v) is 25.6. The van der Waals surface area contributed by atoms with E-state index >= 15 is 0 Å². The van der Waals surface area contributed by atoms with E-state index in [1.54, 1.807) is 0 Å². The first-order valence-corrected chi connectivity index (χ1v) is 16.1. The van der Waals surface area contributed by atoms with E-state index < -0.39 is 0 Å². The predicted molar refractivity (Wildman–Crippen MR) is 178 cm³/mol. The van der Waals surface area contributed by atoms with E-state index in [0.29, 0.717) is 0 Å². The third-order valence-corrected chi connectivity index (χ3v) is 8.94. The van der Waals surface area contributed by atoms with Gasteiger partial charge in [-0.25, -0.2) is 0 Å². The van der Waals surface area contributed by atoms with Crippen LogP contribution in [0.3, 0.4) is 0 Å². The molecule has 4 rings (SSSR count). The molecule has 0 saturated heterocycles. The van der Waals surface area contributed by atoms with Crippen LogP contribution in [-0.4, -0.2) is 39.7 Å². The van der Waals surface area contributed by atoms with Gasteiger partial charge in [0, 0.05) is 76.0 Å². The molecule has 0 saturated carbocycles. The van der Waals surface area contributed by atoms with Gasteiger partial charge < -0.3 is 9.80 Å². The number of aromatic nitrogens is 2. The fourth-order valence-electron chi connectivity index (χ4n) is 4.21. The second-order valence-corrected chi connectivity index (χ2v) is 12.6. The molecule has 0 aliphatic rings. The maximum atomic E-state index is 2.33. The van der Waals surface area contributed by atoms with Crippen molar-refractivity contribution in [3.63, 3.8) is 0 Å². The number of aryl methyl sites for hydroxylation is 2. The lowest BCUT2D eigenvalue weighted by Gasteiger charge is -2.11. The van der Waals surface area contributed by atoms with E-state index in [1.165, 1.54) is 33.9 Å². The maximum absolute atomic E-state index is 2.33. The van der Waals surface area contributed by atoms with Crippen molar-refractivity contribution in [3.05, 3.63) is 120 Å². The molecular weight excluding hydrogens is 529 g/mol. The Hall–Kier alpha value is -3.48. The average Bonchev–Trinajstić information content (AvgIpc) is 2.98. The Labute approximate surface area is 248 Å². The summed E-state index contributed by atoms with van der Waals surface area (Å²) in [7, 11) is 12.2. The molecule has 0 amide bonds. The fourth-order valence-corrected chi connectivity index (χ4v) is 6.14. The van der Waals surface area contributed by atoms with Crippen molar-refractivity contribution in [3.8, 4) is 0 Å². The Morgan fingerprint density at radius 1 is 0.525 bits per heavy atom. The van der Waals surface area contributed by atoms with E-state index in [-0.39, 0.29) is 0 Å². The lowest BCUT2D eigenvalue weighted by molar-refractivity contribution is -0.694. The highest BCUT2D eigenvalue weighted by Gasteiger charge is 2.09. The van der Waals surface area contributed by atoms with Crippen molar-refractivity contribution in [1.29, 1.82) is 0 Å². The molecule has 2 heterocycles. The van der Waals surface area contributed by atoms with Gasteiger partial charge in [0.15, 0.2) is 25.5 Å². The van der Waals surface area contributed by atoms with Gasteiger partial charge in [-0.1, -0.05) is 45.9 Å². The predicted octanol–water partition coefficient (Wildman–Crippen LogP) is 6.82. The minimum Gasteiger partial charge on any atom is -0.378 e. The molecule has 6 heteroatoms. The van der Waals surface area contributed by atoms with Crippen LogP contribution in [0.15, 0.2) is 97.3 Å². The Morgan fingerprint density at radius 3 is 1.30 bits per heavy atom. The van der Waals surface area contributed by atoms with Crippen molar-refractivity contribution < 1.29 is 9.13 Å². The molecule has 0 aliphatic heterocycles. The smallest absolute Gasteiger partial charge is 0.205 e. The Balaban J connectivity index is 1.24. The molecule has 40 heavy (non-hydrogen) atoms. The van der Waals surface area contributed by atoms with E-state index in [2.05, 4.69) is 169 Å². The molecule has 0 spiro atoms. The van der Waals surface area contributed by atoms with Gasteiger partial charge in [0.05, 0.1) is 11.5 Å². The summed E-state index contributed by atoms with van der Waals surface area (Å²) in [4.78, 5) is 4.24. The minimum atomic E-state index is 0.983.